The van der Waals surface area contributed by atoms with Crippen molar-refractivity contribution in [2.45, 2.75) is 12.5 Å². The van der Waals surface area contributed by atoms with Crippen LogP contribution in [-0.4, -0.2) is 16.9 Å². The molecule has 1 aliphatic rings. The van der Waals surface area contributed by atoms with E-state index in [1.54, 1.807) is 18.3 Å². The highest BCUT2D eigenvalue weighted by Gasteiger charge is 2.26. The zero-order chi connectivity index (χ0) is 13.2. The molecule has 1 atom stereocenters. The fourth-order valence-electron chi connectivity index (χ4n) is 2.17. The number of amides is 1. The molecule has 19 heavy (non-hydrogen) atoms. The van der Waals surface area contributed by atoms with Gasteiger partial charge in [0.05, 0.1) is 0 Å². The van der Waals surface area contributed by atoms with E-state index < -0.39 is 0 Å². The van der Waals surface area contributed by atoms with Crippen LogP contribution >= 0.6 is 11.6 Å². The summed E-state index contributed by atoms with van der Waals surface area (Å²) in [4.78, 5) is 16.0. The van der Waals surface area contributed by atoms with Crippen LogP contribution in [0.15, 0.2) is 42.6 Å². The Labute approximate surface area is 115 Å². The molecule has 2 heterocycles. The number of halogens is 1. The maximum absolute atomic E-state index is 12.2. The lowest BCUT2D eigenvalue weighted by atomic mass is 10.1. The van der Waals surface area contributed by atoms with Crippen LogP contribution < -0.4 is 10.6 Å². The topological polar surface area (TPSA) is 54.0 Å². The number of hydrogen-bond donors (Lipinski definition) is 2. The lowest BCUT2D eigenvalue weighted by Gasteiger charge is -2.11. The quantitative estimate of drug-likeness (QED) is 0.827. The number of benzene rings is 1. The van der Waals surface area contributed by atoms with Crippen LogP contribution in [0.5, 0.6) is 0 Å². The summed E-state index contributed by atoms with van der Waals surface area (Å²) < 4.78 is 0. The second-order valence-electron chi connectivity index (χ2n) is 4.41. The first kappa shape index (κ1) is 12.0. The lowest BCUT2D eigenvalue weighted by Crippen LogP contribution is -2.32. The molecule has 0 saturated carbocycles. The normalized spacial score (nSPS) is 16.6. The van der Waals surface area contributed by atoms with Crippen molar-refractivity contribution in [2.24, 2.45) is 0 Å². The number of para-hydroxylation sites is 1. The number of nitrogens with one attached hydrogen (secondary N) is 2. The van der Waals surface area contributed by atoms with Gasteiger partial charge in [0.25, 0.3) is 0 Å². The number of rotatable bonds is 2. The molecule has 0 radical (unpaired) electrons. The van der Waals surface area contributed by atoms with Crippen molar-refractivity contribution in [3.05, 3.63) is 53.3 Å². The smallest absolute Gasteiger partial charge is 0.247 e. The van der Waals surface area contributed by atoms with Gasteiger partial charge in [-0.3, -0.25) is 4.79 Å². The summed E-state index contributed by atoms with van der Waals surface area (Å²) in [6, 6.07) is 11.0. The maximum Gasteiger partial charge on any atom is 0.247 e. The molecule has 2 aromatic rings. The third kappa shape index (κ3) is 2.53. The second kappa shape index (κ2) is 4.90. The maximum atomic E-state index is 12.2. The highest BCUT2D eigenvalue weighted by atomic mass is 35.5. The molecule has 5 heteroatoms. The van der Waals surface area contributed by atoms with Crippen LogP contribution in [0.4, 0.5) is 11.4 Å². The van der Waals surface area contributed by atoms with Crippen LogP contribution in [0.2, 0.25) is 5.15 Å². The minimum Gasteiger partial charge on any atom is -0.373 e. The molecule has 96 valence electrons. The van der Waals surface area contributed by atoms with E-state index in [-0.39, 0.29) is 11.9 Å². The first-order valence-corrected chi connectivity index (χ1v) is 6.37. The van der Waals surface area contributed by atoms with Crippen LogP contribution in [0.25, 0.3) is 0 Å². The van der Waals surface area contributed by atoms with E-state index >= 15 is 0 Å². The Hall–Kier alpha value is -2.07. The zero-order valence-electron chi connectivity index (χ0n) is 10.1. The van der Waals surface area contributed by atoms with Gasteiger partial charge in [0.2, 0.25) is 5.91 Å². The molecule has 0 aliphatic carbocycles. The molecule has 4 nitrogen and oxygen atoms in total. The van der Waals surface area contributed by atoms with E-state index in [4.69, 9.17) is 11.6 Å². The first-order chi connectivity index (χ1) is 9.22. The predicted octanol–water partition coefficient (Wildman–Crippen LogP) is 2.71. The Morgan fingerprint density at radius 1 is 1.37 bits per heavy atom. The van der Waals surface area contributed by atoms with Crippen LogP contribution in [0, 0.1) is 0 Å². The summed E-state index contributed by atoms with van der Waals surface area (Å²) in [5, 5.41) is 6.40. The molecule has 1 aromatic heterocycles. The fourth-order valence-corrected chi connectivity index (χ4v) is 2.34. The van der Waals surface area contributed by atoms with Gasteiger partial charge in [0, 0.05) is 24.0 Å². The van der Waals surface area contributed by atoms with Gasteiger partial charge in [-0.05, 0) is 23.8 Å². The Bertz CT molecular complexity index is 605. The number of aromatic nitrogens is 1. The highest BCUT2D eigenvalue weighted by Crippen LogP contribution is 2.25. The molecule has 0 spiro atoms. The highest BCUT2D eigenvalue weighted by molar-refractivity contribution is 6.29. The van der Waals surface area contributed by atoms with Gasteiger partial charge in [0.1, 0.15) is 11.2 Å². The minimum absolute atomic E-state index is 0.0709. The summed E-state index contributed by atoms with van der Waals surface area (Å²) in [6.45, 7) is 0. The van der Waals surface area contributed by atoms with E-state index in [0.717, 1.165) is 11.3 Å². The van der Waals surface area contributed by atoms with Gasteiger partial charge >= 0.3 is 0 Å². The third-order valence-corrected chi connectivity index (χ3v) is 3.29. The van der Waals surface area contributed by atoms with E-state index in [2.05, 4.69) is 15.6 Å². The molecule has 1 amide bonds. The van der Waals surface area contributed by atoms with Crippen LogP contribution in [0.3, 0.4) is 0 Å². The summed E-state index contributed by atoms with van der Waals surface area (Å²) in [7, 11) is 0. The van der Waals surface area contributed by atoms with Gasteiger partial charge in [-0.1, -0.05) is 29.8 Å². The van der Waals surface area contributed by atoms with Gasteiger partial charge in [0.15, 0.2) is 0 Å². The third-order valence-electron chi connectivity index (χ3n) is 3.08. The van der Waals surface area contributed by atoms with Crippen LogP contribution in [-0.2, 0) is 11.2 Å². The number of fused-ring (bicyclic) bond motifs is 1. The summed E-state index contributed by atoms with van der Waals surface area (Å²) in [5.74, 6) is -0.0709. The number of anilines is 2. The van der Waals surface area contributed by atoms with E-state index in [1.807, 2.05) is 24.3 Å². The SMILES string of the molecule is O=C(Nc1ccnc(Cl)c1)C1Cc2ccccc2N1. The standard InChI is InChI=1S/C14H12ClN3O/c15-13-8-10(5-6-16-13)17-14(19)12-7-9-3-1-2-4-11(9)18-12/h1-6,8,12,18H,7H2,(H,16,17,19). The van der Waals surface area contributed by atoms with Crippen molar-refractivity contribution >= 4 is 28.9 Å². The molecule has 1 aromatic carbocycles. The fraction of sp³-hybridized carbons (Fsp3) is 0.143. The molecule has 2 N–H and O–H groups in total. The number of pyridine rings is 1. The van der Waals surface area contributed by atoms with E-state index in [1.165, 1.54) is 0 Å². The van der Waals surface area contributed by atoms with Crippen molar-refractivity contribution in [1.29, 1.82) is 0 Å². The second-order valence-corrected chi connectivity index (χ2v) is 4.80. The Balaban J connectivity index is 1.70. The molecular formula is C14H12ClN3O. The monoisotopic (exact) mass is 273 g/mol. The average molecular weight is 274 g/mol. The average Bonchev–Trinajstić information content (AvgIpc) is 2.82. The Morgan fingerprint density at radius 3 is 3.00 bits per heavy atom. The van der Waals surface area contributed by atoms with E-state index in [9.17, 15) is 4.79 Å². The van der Waals surface area contributed by atoms with Crippen molar-refractivity contribution in [1.82, 2.24) is 4.98 Å². The molecular weight excluding hydrogens is 262 g/mol. The number of carbonyl (C=O) groups is 1. The summed E-state index contributed by atoms with van der Waals surface area (Å²) in [6.07, 6.45) is 2.26. The Kier molecular flexibility index (Phi) is 3.09. The predicted molar refractivity (Wildman–Crippen MR) is 75.4 cm³/mol. The van der Waals surface area contributed by atoms with Gasteiger partial charge in [-0.2, -0.15) is 0 Å². The molecule has 1 aliphatic heterocycles. The van der Waals surface area contributed by atoms with Crippen molar-refractivity contribution in [3.63, 3.8) is 0 Å². The van der Waals surface area contributed by atoms with Crippen LogP contribution in [0.1, 0.15) is 5.56 Å². The molecule has 3 rings (SSSR count). The molecule has 1 unspecified atom stereocenters. The van der Waals surface area contributed by atoms with Gasteiger partial charge in [-0.25, -0.2) is 4.98 Å². The lowest BCUT2D eigenvalue weighted by molar-refractivity contribution is -0.116. The minimum atomic E-state index is -0.246. The number of carbonyl (C=O) groups excluding carboxylic acids is 1. The number of nitrogens with zero attached hydrogens (tertiary/aromatic N) is 1. The van der Waals surface area contributed by atoms with Crippen molar-refractivity contribution in [2.75, 3.05) is 10.6 Å². The number of hydrogen-bond acceptors (Lipinski definition) is 3. The molecule has 0 fully saturated rings. The summed E-state index contributed by atoms with van der Waals surface area (Å²) >= 11 is 5.78. The van der Waals surface area contributed by atoms with E-state index in [0.29, 0.717) is 17.3 Å². The molecule has 0 bridgehead atoms. The van der Waals surface area contributed by atoms with Gasteiger partial charge < -0.3 is 10.6 Å². The van der Waals surface area contributed by atoms with Crippen molar-refractivity contribution in [3.8, 4) is 0 Å². The van der Waals surface area contributed by atoms with Gasteiger partial charge in [-0.15, -0.1) is 0 Å². The Morgan fingerprint density at radius 2 is 2.21 bits per heavy atom. The molecule has 0 saturated heterocycles. The first-order valence-electron chi connectivity index (χ1n) is 5.99. The van der Waals surface area contributed by atoms with Crippen molar-refractivity contribution < 1.29 is 4.79 Å². The largest absolute Gasteiger partial charge is 0.373 e. The zero-order valence-corrected chi connectivity index (χ0v) is 10.8. The summed E-state index contributed by atoms with van der Waals surface area (Å²) in [5.41, 5.74) is 2.84.